The van der Waals surface area contributed by atoms with Gasteiger partial charge in [0, 0.05) is 5.56 Å². The van der Waals surface area contributed by atoms with Gasteiger partial charge in [0.15, 0.2) is 0 Å². The Morgan fingerprint density at radius 3 is 2.65 bits per heavy atom. The Balaban J connectivity index is 2.54. The standard InChI is InChI=1S/C14H13F3O3/c1-2-4-8-5-3-6-9-7-10(13(18)19)12(14(15,16)17)20-11(8)9/h3,5-7,12H,2,4H2,1H3,(H,18,19). The SMILES string of the molecule is CCCc1cccc2c1OC(C(F)(F)F)C(C(=O)O)=C2. The van der Waals surface area contributed by atoms with E-state index in [0.717, 1.165) is 12.5 Å². The second kappa shape index (κ2) is 5.19. The molecule has 20 heavy (non-hydrogen) atoms. The fourth-order valence-corrected chi connectivity index (χ4v) is 2.17. The Labute approximate surface area is 113 Å². The minimum atomic E-state index is -4.76. The van der Waals surface area contributed by atoms with Crippen LogP contribution in [0.5, 0.6) is 5.75 Å². The number of aliphatic carboxylic acids is 1. The van der Waals surface area contributed by atoms with Crippen LogP contribution in [0.15, 0.2) is 23.8 Å². The minimum Gasteiger partial charge on any atom is -0.478 e. The van der Waals surface area contributed by atoms with Crippen LogP contribution >= 0.6 is 0 Å². The molecule has 0 radical (unpaired) electrons. The van der Waals surface area contributed by atoms with Crippen molar-refractivity contribution in [1.29, 1.82) is 0 Å². The van der Waals surface area contributed by atoms with E-state index in [-0.39, 0.29) is 5.75 Å². The molecule has 108 valence electrons. The molecule has 0 aromatic heterocycles. The van der Waals surface area contributed by atoms with E-state index in [1.165, 1.54) is 0 Å². The van der Waals surface area contributed by atoms with Crippen molar-refractivity contribution in [3.8, 4) is 5.75 Å². The zero-order valence-corrected chi connectivity index (χ0v) is 10.7. The van der Waals surface area contributed by atoms with E-state index in [1.54, 1.807) is 18.2 Å². The molecule has 0 spiro atoms. The molecule has 1 N–H and O–H groups in total. The van der Waals surface area contributed by atoms with Crippen LogP contribution in [0, 0.1) is 0 Å². The molecular formula is C14H13F3O3. The molecular weight excluding hydrogens is 273 g/mol. The van der Waals surface area contributed by atoms with Crippen molar-refractivity contribution in [2.24, 2.45) is 0 Å². The Morgan fingerprint density at radius 2 is 2.10 bits per heavy atom. The highest BCUT2D eigenvalue weighted by Gasteiger charge is 2.48. The molecule has 1 atom stereocenters. The number of halogens is 3. The average molecular weight is 286 g/mol. The largest absolute Gasteiger partial charge is 0.478 e. The molecule has 2 rings (SSSR count). The van der Waals surface area contributed by atoms with Crippen LogP contribution in [0.4, 0.5) is 13.2 Å². The highest BCUT2D eigenvalue weighted by Crippen LogP contribution is 2.39. The number of carboxylic acids is 1. The number of alkyl halides is 3. The van der Waals surface area contributed by atoms with Crippen LogP contribution < -0.4 is 4.74 Å². The summed E-state index contributed by atoms with van der Waals surface area (Å²) in [6.45, 7) is 1.90. The fourth-order valence-electron chi connectivity index (χ4n) is 2.17. The maximum Gasteiger partial charge on any atom is 0.430 e. The van der Waals surface area contributed by atoms with E-state index < -0.39 is 23.8 Å². The number of carbonyl (C=O) groups is 1. The number of ether oxygens (including phenoxy) is 1. The van der Waals surface area contributed by atoms with E-state index in [1.807, 2.05) is 6.92 Å². The van der Waals surface area contributed by atoms with Crippen molar-refractivity contribution in [3.05, 3.63) is 34.9 Å². The normalized spacial score (nSPS) is 18.0. The number of fused-ring (bicyclic) bond motifs is 1. The monoisotopic (exact) mass is 286 g/mol. The summed E-state index contributed by atoms with van der Waals surface area (Å²) >= 11 is 0. The van der Waals surface area contributed by atoms with E-state index in [2.05, 4.69) is 0 Å². The molecule has 0 bridgehead atoms. The molecule has 1 aliphatic heterocycles. The molecule has 3 nitrogen and oxygen atoms in total. The molecule has 6 heteroatoms. The summed E-state index contributed by atoms with van der Waals surface area (Å²) in [6.07, 6.45) is -4.82. The van der Waals surface area contributed by atoms with Gasteiger partial charge >= 0.3 is 12.1 Å². The average Bonchev–Trinajstić information content (AvgIpc) is 2.37. The van der Waals surface area contributed by atoms with Gasteiger partial charge in [0.05, 0.1) is 5.57 Å². The minimum absolute atomic E-state index is 0.127. The Kier molecular flexibility index (Phi) is 3.74. The van der Waals surface area contributed by atoms with Gasteiger partial charge in [-0.1, -0.05) is 31.5 Å². The van der Waals surface area contributed by atoms with Gasteiger partial charge in [-0.3, -0.25) is 0 Å². The predicted molar refractivity (Wildman–Crippen MR) is 66.5 cm³/mol. The van der Waals surface area contributed by atoms with Gasteiger partial charge in [0.2, 0.25) is 6.10 Å². The van der Waals surface area contributed by atoms with Gasteiger partial charge in [0.1, 0.15) is 5.75 Å². The smallest absolute Gasteiger partial charge is 0.430 e. The molecule has 1 unspecified atom stereocenters. The van der Waals surface area contributed by atoms with Gasteiger partial charge in [-0.05, 0) is 18.1 Å². The third-order valence-electron chi connectivity index (χ3n) is 3.02. The molecule has 1 heterocycles. The van der Waals surface area contributed by atoms with Crippen molar-refractivity contribution in [2.75, 3.05) is 0 Å². The summed E-state index contributed by atoms with van der Waals surface area (Å²) in [7, 11) is 0. The molecule has 0 aliphatic carbocycles. The van der Waals surface area contributed by atoms with Gasteiger partial charge < -0.3 is 9.84 Å². The van der Waals surface area contributed by atoms with Crippen molar-refractivity contribution >= 4 is 12.0 Å². The molecule has 0 fully saturated rings. The van der Waals surface area contributed by atoms with Crippen LogP contribution in [-0.4, -0.2) is 23.4 Å². The maximum absolute atomic E-state index is 12.9. The predicted octanol–water partition coefficient (Wildman–Crippen LogP) is 3.43. The Bertz CT molecular complexity index is 561. The third-order valence-corrected chi connectivity index (χ3v) is 3.02. The molecule has 0 amide bonds. The first-order chi connectivity index (χ1) is 9.34. The fraction of sp³-hybridized carbons (Fsp3) is 0.357. The quantitative estimate of drug-likeness (QED) is 0.926. The van der Waals surface area contributed by atoms with Gasteiger partial charge in [-0.15, -0.1) is 0 Å². The lowest BCUT2D eigenvalue weighted by Crippen LogP contribution is -2.40. The first-order valence-electron chi connectivity index (χ1n) is 6.14. The molecule has 1 aliphatic rings. The van der Waals surface area contributed by atoms with Gasteiger partial charge in [0.25, 0.3) is 0 Å². The van der Waals surface area contributed by atoms with E-state index in [4.69, 9.17) is 9.84 Å². The van der Waals surface area contributed by atoms with E-state index in [9.17, 15) is 18.0 Å². The number of benzene rings is 1. The van der Waals surface area contributed by atoms with Crippen molar-refractivity contribution in [2.45, 2.75) is 32.0 Å². The first-order valence-corrected chi connectivity index (χ1v) is 6.14. The molecule has 0 saturated carbocycles. The van der Waals surface area contributed by atoms with Crippen molar-refractivity contribution < 1.29 is 27.8 Å². The summed E-state index contributed by atoms with van der Waals surface area (Å²) < 4.78 is 43.8. The second-order valence-electron chi connectivity index (χ2n) is 4.53. The summed E-state index contributed by atoms with van der Waals surface area (Å²) in [5, 5.41) is 8.92. The van der Waals surface area contributed by atoms with Crippen LogP contribution in [0.1, 0.15) is 24.5 Å². The molecule has 0 saturated heterocycles. The van der Waals surface area contributed by atoms with Crippen LogP contribution in [0.3, 0.4) is 0 Å². The molecule has 1 aromatic carbocycles. The van der Waals surface area contributed by atoms with Crippen LogP contribution in [-0.2, 0) is 11.2 Å². The summed E-state index contributed by atoms with van der Waals surface area (Å²) in [4.78, 5) is 11.0. The van der Waals surface area contributed by atoms with E-state index in [0.29, 0.717) is 17.5 Å². The lowest BCUT2D eigenvalue weighted by molar-refractivity contribution is -0.187. The number of hydrogen-bond donors (Lipinski definition) is 1. The maximum atomic E-state index is 12.9. The Hall–Kier alpha value is -1.98. The Morgan fingerprint density at radius 1 is 1.40 bits per heavy atom. The zero-order valence-electron chi connectivity index (χ0n) is 10.7. The van der Waals surface area contributed by atoms with Gasteiger partial charge in [-0.25, -0.2) is 4.79 Å². The van der Waals surface area contributed by atoms with Gasteiger partial charge in [-0.2, -0.15) is 13.2 Å². The highest BCUT2D eigenvalue weighted by atomic mass is 19.4. The van der Waals surface area contributed by atoms with E-state index >= 15 is 0 Å². The first kappa shape index (κ1) is 14.4. The van der Waals surface area contributed by atoms with Crippen LogP contribution in [0.2, 0.25) is 0 Å². The summed E-state index contributed by atoms with van der Waals surface area (Å²) in [6, 6.07) is 4.91. The lowest BCUT2D eigenvalue weighted by Gasteiger charge is -2.28. The number of hydrogen-bond acceptors (Lipinski definition) is 2. The third kappa shape index (κ3) is 2.64. The zero-order chi connectivity index (χ0) is 14.9. The number of para-hydroxylation sites is 1. The topological polar surface area (TPSA) is 46.5 Å². The van der Waals surface area contributed by atoms with Crippen molar-refractivity contribution in [3.63, 3.8) is 0 Å². The van der Waals surface area contributed by atoms with Crippen molar-refractivity contribution in [1.82, 2.24) is 0 Å². The second-order valence-corrected chi connectivity index (χ2v) is 4.53. The highest BCUT2D eigenvalue weighted by molar-refractivity contribution is 5.95. The number of aryl methyl sites for hydroxylation is 1. The summed E-state index contributed by atoms with van der Waals surface area (Å²) in [5.41, 5.74) is 0.229. The summed E-state index contributed by atoms with van der Waals surface area (Å²) in [5.74, 6) is -1.50. The number of rotatable bonds is 3. The lowest BCUT2D eigenvalue weighted by atomic mass is 9.97. The van der Waals surface area contributed by atoms with Crippen LogP contribution in [0.25, 0.3) is 6.08 Å². The molecule has 1 aromatic rings. The number of carboxylic acid groups (broad SMARTS) is 1.